The van der Waals surface area contributed by atoms with E-state index in [1.807, 2.05) is 0 Å². The predicted molar refractivity (Wildman–Crippen MR) is 56.9 cm³/mol. The summed E-state index contributed by atoms with van der Waals surface area (Å²) >= 11 is 0. The fourth-order valence-electron chi connectivity index (χ4n) is 1.31. The number of hydrogen-bond acceptors (Lipinski definition) is 4. The highest BCUT2D eigenvalue weighted by Crippen LogP contribution is 1.91. The van der Waals surface area contributed by atoms with E-state index in [4.69, 9.17) is 0 Å². The lowest BCUT2D eigenvalue weighted by molar-refractivity contribution is 0.348. The summed E-state index contributed by atoms with van der Waals surface area (Å²) < 4.78 is 0. The normalized spacial score (nSPS) is 13.1. The lowest BCUT2D eigenvalue weighted by Gasteiger charge is -2.17. The van der Waals surface area contributed by atoms with Crippen molar-refractivity contribution in [2.24, 2.45) is 0 Å². The Balaban J connectivity index is 2.27. The Morgan fingerprint density at radius 3 is 2.79 bits per heavy atom. The molecule has 1 N–H and O–H groups in total. The summed E-state index contributed by atoms with van der Waals surface area (Å²) in [5.74, 6) is 0. The van der Waals surface area contributed by atoms with Gasteiger partial charge in [-0.1, -0.05) is 0 Å². The lowest BCUT2D eigenvalue weighted by Crippen LogP contribution is -2.35. The monoisotopic (exact) mass is 194 g/mol. The van der Waals surface area contributed by atoms with E-state index in [-0.39, 0.29) is 0 Å². The molecule has 0 aromatic carbocycles. The Morgan fingerprint density at radius 1 is 1.43 bits per heavy atom. The van der Waals surface area contributed by atoms with Crippen molar-refractivity contribution >= 4 is 0 Å². The molecule has 0 saturated heterocycles. The smallest absolute Gasteiger partial charge is 0.0724 e. The number of rotatable bonds is 5. The van der Waals surface area contributed by atoms with Crippen LogP contribution in [0.1, 0.15) is 12.6 Å². The molecule has 0 radical (unpaired) electrons. The molecular weight excluding hydrogens is 176 g/mol. The molecule has 0 bridgehead atoms. The van der Waals surface area contributed by atoms with Gasteiger partial charge in [0.25, 0.3) is 0 Å². The van der Waals surface area contributed by atoms with Crippen molar-refractivity contribution in [3.8, 4) is 0 Å². The first-order valence-electron chi connectivity index (χ1n) is 4.81. The zero-order valence-corrected chi connectivity index (χ0v) is 9.07. The van der Waals surface area contributed by atoms with E-state index in [0.717, 1.165) is 18.8 Å². The molecule has 0 saturated carbocycles. The highest BCUT2D eigenvalue weighted by atomic mass is 15.1. The molecule has 0 aliphatic carbocycles. The van der Waals surface area contributed by atoms with Crippen molar-refractivity contribution in [2.75, 3.05) is 20.6 Å². The third kappa shape index (κ3) is 4.30. The number of nitrogens with one attached hydrogen (secondary N) is 1. The van der Waals surface area contributed by atoms with E-state index < -0.39 is 0 Å². The van der Waals surface area contributed by atoms with Crippen LogP contribution in [-0.2, 0) is 6.54 Å². The third-order valence-corrected chi connectivity index (χ3v) is 1.89. The SMILES string of the molecule is CC(CN(C)C)NCc1cnccn1. The highest BCUT2D eigenvalue weighted by Gasteiger charge is 2.02. The van der Waals surface area contributed by atoms with Gasteiger partial charge in [-0.05, 0) is 21.0 Å². The number of aromatic nitrogens is 2. The minimum atomic E-state index is 0.465. The Kier molecular flexibility index (Phi) is 4.49. The van der Waals surface area contributed by atoms with Crippen molar-refractivity contribution in [3.63, 3.8) is 0 Å². The molecular formula is C10H18N4. The van der Waals surface area contributed by atoms with Gasteiger partial charge in [-0.25, -0.2) is 0 Å². The van der Waals surface area contributed by atoms with E-state index in [1.54, 1.807) is 18.6 Å². The van der Waals surface area contributed by atoms with Crippen LogP contribution in [-0.4, -0.2) is 41.5 Å². The van der Waals surface area contributed by atoms with Gasteiger partial charge in [0.2, 0.25) is 0 Å². The van der Waals surface area contributed by atoms with Gasteiger partial charge < -0.3 is 10.2 Å². The lowest BCUT2D eigenvalue weighted by atomic mass is 10.3. The van der Waals surface area contributed by atoms with Crippen LogP contribution >= 0.6 is 0 Å². The van der Waals surface area contributed by atoms with Crippen molar-refractivity contribution in [3.05, 3.63) is 24.3 Å². The topological polar surface area (TPSA) is 41.0 Å². The molecule has 1 atom stereocenters. The number of hydrogen-bond donors (Lipinski definition) is 1. The van der Waals surface area contributed by atoms with Crippen molar-refractivity contribution in [1.29, 1.82) is 0 Å². The molecule has 0 spiro atoms. The van der Waals surface area contributed by atoms with E-state index in [2.05, 4.69) is 41.2 Å². The molecule has 0 amide bonds. The summed E-state index contributed by atoms with van der Waals surface area (Å²) in [6.45, 7) is 3.97. The molecule has 14 heavy (non-hydrogen) atoms. The molecule has 1 aromatic heterocycles. The average molecular weight is 194 g/mol. The molecule has 4 nitrogen and oxygen atoms in total. The van der Waals surface area contributed by atoms with Gasteiger partial charge in [0, 0.05) is 37.7 Å². The summed E-state index contributed by atoms with van der Waals surface area (Å²) in [4.78, 5) is 10.4. The van der Waals surface area contributed by atoms with Crippen LogP contribution in [0.2, 0.25) is 0 Å². The van der Waals surface area contributed by atoms with Gasteiger partial charge in [-0.3, -0.25) is 9.97 Å². The molecule has 78 valence electrons. The van der Waals surface area contributed by atoms with Crippen LogP contribution in [0.5, 0.6) is 0 Å². The standard InChI is InChI=1S/C10H18N4/c1-9(8-14(2)3)13-7-10-6-11-4-5-12-10/h4-6,9,13H,7-8H2,1-3H3. The second kappa shape index (κ2) is 5.67. The van der Waals surface area contributed by atoms with E-state index in [1.165, 1.54) is 0 Å². The Hall–Kier alpha value is -1.00. The molecule has 1 heterocycles. The van der Waals surface area contributed by atoms with Gasteiger partial charge in [0.1, 0.15) is 0 Å². The Labute approximate surface area is 85.4 Å². The van der Waals surface area contributed by atoms with Crippen LogP contribution < -0.4 is 5.32 Å². The maximum atomic E-state index is 4.19. The first kappa shape index (κ1) is 11.1. The first-order chi connectivity index (χ1) is 6.68. The molecule has 1 rings (SSSR count). The van der Waals surface area contributed by atoms with Crippen molar-refractivity contribution < 1.29 is 0 Å². The van der Waals surface area contributed by atoms with Gasteiger partial charge in [-0.2, -0.15) is 0 Å². The van der Waals surface area contributed by atoms with E-state index in [9.17, 15) is 0 Å². The maximum absolute atomic E-state index is 4.19. The molecule has 0 aliphatic heterocycles. The van der Waals surface area contributed by atoms with Crippen LogP contribution in [0.4, 0.5) is 0 Å². The fourth-order valence-corrected chi connectivity index (χ4v) is 1.31. The highest BCUT2D eigenvalue weighted by molar-refractivity contribution is 4.94. The quantitative estimate of drug-likeness (QED) is 0.742. The van der Waals surface area contributed by atoms with Gasteiger partial charge in [0.15, 0.2) is 0 Å². The molecule has 1 aromatic rings. The second-order valence-corrected chi connectivity index (χ2v) is 3.74. The van der Waals surface area contributed by atoms with E-state index >= 15 is 0 Å². The van der Waals surface area contributed by atoms with Crippen LogP contribution in [0.25, 0.3) is 0 Å². The largest absolute Gasteiger partial charge is 0.308 e. The Bertz CT molecular complexity index is 248. The zero-order valence-electron chi connectivity index (χ0n) is 9.07. The minimum Gasteiger partial charge on any atom is -0.308 e. The molecule has 4 heteroatoms. The zero-order chi connectivity index (χ0) is 10.4. The number of likely N-dealkylation sites (N-methyl/N-ethyl adjacent to an activating group) is 1. The van der Waals surface area contributed by atoms with Gasteiger partial charge in [-0.15, -0.1) is 0 Å². The van der Waals surface area contributed by atoms with Gasteiger partial charge >= 0.3 is 0 Å². The number of nitrogens with zero attached hydrogens (tertiary/aromatic N) is 3. The summed E-state index contributed by atoms with van der Waals surface area (Å²) in [5, 5.41) is 3.39. The van der Waals surface area contributed by atoms with E-state index in [0.29, 0.717) is 6.04 Å². The second-order valence-electron chi connectivity index (χ2n) is 3.74. The maximum Gasteiger partial charge on any atom is 0.0724 e. The first-order valence-corrected chi connectivity index (χ1v) is 4.81. The summed E-state index contributed by atoms with van der Waals surface area (Å²) in [5.41, 5.74) is 0.984. The van der Waals surface area contributed by atoms with Crippen LogP contribution in [0, 0.1) is 0 Å². The third-order valence-electron chi connectivity index (χ3n) is 1.89. The molecule has 1 unspecified atom stereocenters. The molecule has 0 aliphatic rings. The summed E-state index contributed by atoms with van der Waals surface area (Å²) in [7, 11) is 4.14. The summed E-state index contributed by atoms with van der Waals surface area (Å²) in [6.07, 6.45) is 5.19. The van der Waals surface area contributed by atoms with Crippen LogP contribution in [0.3, 0.4) is 0 Å². The minimum absolute atomic E-state index is 0.465. The molecule has 0 fully saturated rings. The Morgan fingerprint density at radius 2 is 2.21 bits per heavy atom. The van der Waals surface area contributed by atoms with Gasteiger partial charge in [0.05, 0.1) is 5.69 Å². The average Bonchev–Trinajstić information content (AvgIpc) is 2.15. The summed E-state index contributed by atoms with van der Waals surface area (Å²) in [6, 6.07) is 0.465. The van der Waals surface area contributed by atoms with Crippen molar-refractivity contribution in [1.82, 2.24) is 20.2 Å². The van der Waals surface area contributed by atoms with Crippen molar-refractivity contribution in [2.45, 2.75) is 19.5 Å². The van der Waals surface area contributed by atoms with Crippen LogP contribution in [0.15, 0.2) is 18.6 Å². The fraction of sp³-hybridized carbons (Fsp3) is 0.600. The predicted octanol–water partition coefficient (Wildman–Crippen LogP) is 0.516.